The number of aryl methyl sites for hydroxylation is 1. The van der Waals surface area contributed by atoms with Crippen molar-refractivity contribution in [2.24, 2.45) is 0 Å². The van der Waals surface area contributed by atoms with Crippen LogP contribution in [0.15, 0.2) is 97.3 Å². The van der Waals surface area contributed by atoms with E-state index in [4.69, 9.17) is 16.3 Å². The molecule has 0 spiro atoms. The summed E-state index contributed by atoms with van der Waals surface area (Å²) in [5.41, 5.74) is 5.50. The largest absolute Gasteiger partial charge is 0.487 e. The zero-order valence-electron chi connectivity index (χ0n) is 24.1. The van der Waals surface area contributed by atoms with E-state index < -0.39 is 0 Å². The van der Waals surface area contributed by atoms with Crippen LogP contribution in [-0.2, 0) is 11.4 Å². The van der Waals surface area contributed by atoms with Crippen molar-refractivity contribution in [3.05, 3.63) is 119 Å². The molecule has 1 amide bonds. The van der Waals surface area contributed by atoms with Gasteiger partial charge in [0.1, 0.15) is 30.3 Å². The number of hydrogen-bond acceptors (Lipinski definition) is 6. The van der Waals surface area contributed by atoms with Crippen LogP contribution in [0.4, 0.5) is 21.6 Å². The van der Waals surface area contributed by atoms with Crippen molar-refractivity contribution >= 4 is 45.6 Å². The van der Waals surface area contributed by atoms with E-state index in [9.17, 15) is 9.18 Å². The highest BCUT2D eigenvalue weighted by molar-refractivity contribution is 6.32. The molecule has 0 saturated carbocycles. The lowest BCUT2D eigenvalue weighted by Gasteiger charge is -2.17. The fourth-order valence-electron chi connectivity index (χ4n) is 4.62. The SMILES string of the molecule is Cc1cccc(-c2c(NC(=O)/C=C/CN(C)C)ccc3ncnc(Nc4ccc(OCc5cccc(F)c5)c(Cl)c4)c23)c1. The molecule has 0 aliphatic heterocycles. The van der Waals surface area contributed by atoms with E-state index in [0.29, 0.717) is 45.6 Å². The van der Waals surface area contributed by atoms with Gasteiger partial charge in [-0.1, -0.05) is 59.6 Å². The van der Waals surface area contributed by atoms with Gasteiger partial charge in [0, 0.05) is 29.6 Å². The lowest BCUT2D eigenvalue weighted by Crippen LogP contribution is -2.13. The molecule has 218 valence electrons. The molecule has 0 saturated heterocycles. The van der Waals surface area contributed by atoms with Gasteiger partial charge >= 0.3 is 0 Å². The topological polar surface area (TPSA) is 79.4 Å². The number of halogens is 2. The van der Waals surface area contributed by atoms with Crippen molar-refractivity contribution in [2.75, 3.05) is 31.3 Å². The minimum atomic E-state index is -0.322. The molecule has 1 aromatic heterocycles. The van der Waals surface area contributed by atoms with Gasteiger partial charge in [0.2, 0.25) is 5.91 Å². The number of amides is 1. The van der Waals surface area contributed by atoms with E-state index in [2.05, 4.69) is 26.7 Å². The summed E-state index contributed by atoms with van der Waals surface area (Å²) in [6.45, 7) is 2.85. The van der Waals surface area contributed by atoms with Gasteiger partial charge in [-0.15, -0.1) is 0 Å². The number of likely N-dealkylation sites (N-methyl/N-ethyl adjacent to an activating group) is 1. The molecule has 5 aromatic rings. The number of hydrogen-bond donors (Lipinski definition) is 2. The second-order valence-corrected chi connectivity index (χ2v) is 10.7. The van der Waals surface area contributed by atoms with Crippen LogP contribution in [0.25, 0.3) is 22.0 Å². The van der Waals surface area contributed by atoms with Gasteiger partial charge in [0.25, 0.3) is 0 Å². The molecule has 0 aliphatic rings. The normalized spacial score (nSPS) is 11.3. The smallest absolute Gasteiger partial charge is 0.248 e. The van der Waals surface area contributed by atoms with Gasteiger partial charge in [0.15, 0.2) is 0 Å². The van der Waals surface area contributed by atoms with E-state index in [1.807, 2.05) is 68.4 Å². The maximum Gasteiger partial charge on any atom is 0.248 e. The summed E-state index contributed by atoms with van der Waals surface area (Å²) in [6, 6.07) is 23.3. The second kappa shape index (κ2) is 13.5. The van der Waals surface area contributed by atoms with Crippen molar-refractivity contribution in [1.82, 2.24) is 14.9 Å². The van der Waals surface area contributed by atoms with Crippen molar-refractivity contribution in [2.45, 2.75) is 13.5 Å². The van der Waals surface area contributed by atoms with Gasteiger partial charge in [-0.3, -0.25) is 4.79 Å². The summed E-state index contributed by atoms with van der Waals surface area (Å²) in [5, 5.41) is 7.55. The number of rotatable bonds is 10. The third-order valence-electron chi connectivity index (χ3n) is 6.59. The van der Waals surface area contributed by atoms with E-state index >= 15 is 0 Å². The molecule has 43 heavy (non-hydrogen) atoms. The predicted octanol–water partition coefficient (Wildman–Crippen LogP) is 7.78. The van der Waals surface area contributed by atoms with E-state index in [0.717, 1.165) is 22.1 Å². The molecular weight excluding hydrogens is 565 g/mol. The molecule has 5 rings (SSSR count). The zero-order chi connectivity index (χ0) is 30.3. The fourth-order valence-corrected chi connectivity index (χ4v) is 4.85. The Kier molecular flexibility index (Phi) is 9.29. The minimum absolute atomic E-state index is 0.180. The summed E-state index contributed by atoms with van der Waals surface area (Å²) >= 11 is 6.57. The lowest BCUT2D eigenvalue weighted by molar-refractivity contribution is -0.111. The predicted molar refractivity (Wildman–Crippen MR) is 172 cm³/mol. The molecule has 2 N–H and O–H groups in total. The first kappa shape index (κ1) is 29.7. The van der Waals surface area contributed by atoms with Crippen LogP contribution in [0, 0.1) is 12.7 Å². The summed E-state index contributed by atoms with van der Waals surface area (Å²) in [6.07, 6.45) is 4.84. The van der Waals surface area contributed by atoms with Gasteiger partial charge in [-0.05, 0) is 74.6 Å². The Balaban J connectivity index is 1.49. The van der Waals surface area contributed by atoms with Crippen LogP contribution < -0.4 is 15.4 Å². The highest BCUT2D eigenvalue weighted by Crippen LogP contribution is 2.40. The number of ether oxygens (including phenoxy) is 1. The van der Waals surface area contributed by atoms with Crippen molar-refractivity contribution in [1.29, 1.82) is 0 Å². The van der Waals surface area contributed by atoms with Gasteiger partial charge < -0.3 is 20.3 Å². The maximum atomic E-state index is 13.5. The Hall–Kier alpha value is -4.79. The Labute approximate surface area is 255 Å². The fraction of sp³-hybridized carbons (Fsp3) is 0.147. The number of nitrogens with zero attached hydrogens (tertiary/aromatic N) is 3. The van der Waals surface area contributed by atoms with Gasteiger partial charge in [-0.2, -0.15) is 0 Å². The van der Waals surface area contributed by atoms with Crippen LogP contribution in [0.1, 0.15) is 11.1 Å². The molecule has 7 nitrogen and oxygen atoms in total. The van der Waals surface area contributed by atoms with Crippen LogP contribution in [0.5, 0.6) is 5.75 Å². The molecular formula is C34H31ClFN5O2. The number of benzene rings is 4. The summed E-state index contributed by atoms with van der Waals surface area (Å²) in [4.78, 5) is 23.9. The summed E-state index contributed by atoms with van der Waals surface area (Å²) < 4.78 is 19.4. The number of fused-ring (bicyclic) bond motifs is 1. The highest BCUT2D eigenvalue weighted by atomic mass is 35.5. The third kappa shape index (κ3) is 7.54. The number of aromatic nitrogens is 2. The van der Waals surface area contributed by atoms with Crippen molar-refractivity contribution in [3.8, 4) is 16.9 Å². The molecule has 4 aromatic carbocycles. The molecule has 0 radical (unpaired) electrons. The summed E-state index contributed by atoms with van der Waals surface area (Å²) in [7, 11) is 3.88. The van der Waals surface area contributed by atoms with E-state index in [-0.39, 0.29) is 18.3 Å². The minimum Gasteiger partial charge on any atom is -0.487 e. The average molecular weight is 596 g/mol. The van der Waals surface area contributed by atoms with Gasteiger partial charge in [0.05, 0.1) is 15.9 Å². The molecule has 1 heterocycles. The third-order valence-corrected chi connectivity index (χ3v) is 6.88. The Morgan fingerprint density at radius 1 is 1.02 bits per heavy atom. The maximum absolute atomic E-state index is 13.5. The lowest BCUT2D eigenvalue weighted by atomic mass is 9.97. The first-order chi connectivity index (χ1) is 20.8. The van der Waals surface area contributed by atoms with Crippen LogP contribution in [0.3, 0.4) is 0 Å². The van der Waals surface area contributed by atoms with Crippen LogP contribution in [-0.4, -0.2) is 41.4 Å². The van der Waals surface area contributed by atoms with Crippen molar-refractivity contribution in [3.63, 3.8) is 0 Å². The number of carbonyl (C=O) groups excluding carboxylic acids is 1. The Bertz CT molecular complexity index is 1810. The van der Waals surface area contributed by atoms with Crippen LogP contribution >= 0.6 is 11.6 Å². The van der Waals surface area contributed by atoms with Crippen molar-refractivity contribution < 1.29 is 13.9 Å². The first-order valence-electron chi connectivity index (χ1n) is 13.7. The first-order valence-corrected chi connectivity index (χ1v) is 14.1. The average Bonchev–Trinajstić information content (AvgIpc) is 2.97. The summed E-state index contributed by atoms with van der Waals surface area (Å²) in [5.74, 6) is 0.460. The quantitative estimate of drug-likeness (QED) is 0.161. The molecule has 0 atom stereocenters. The monoisotopic (exact) mass is 595 g/mol. The van der Waals surface area contributed by atoms with E-state index in [1.165, 1.54) is 24.5 Å². The Morgan fingerprint density at radius 3 is 2.63 bits per heavy atom. The molecule has 0 aliphatic carbocycles. The zero-order valence-corrected chi connectivity index (χ0v) is 24.8. The molecule has 0 unspecified atom stereocenters. The number of carbonyl (C=O) groups is 1. The highest BCUT2D eigenvalue weighted by Gasteiger charge is 2.17. The second-order valence-electron chi connectivity index (χ2n) is 10.3. The molecule has 9 heteroatoms. The molecule has 0 bridgehead atoms. The Morgan fingerprint density at radius 2 is 1.86 bits per heavy atom. The van der Waals surface area contributed by atoms with Gasteiger partial charge in [-0.25, -0.2) is 14.4 Å². The van der Waals surface area contributed by atoms with Crippen LogP contribution in [0.2, 0.25) is 5.02 Å². The molecule has 0 fully saturated rings. The number of nitrogens with one attached hydrogen (secondary N) is 2. The van der Waals surface area contributed by atoms with E-state index in [1.54, 1.807) is 24.3 Å². The number of anilines is 3. The standard InChI is InChI=1S/C34H31ClFN5O2/c1-22-7-4-9-24(17-22)32-29(40-31(42)11-6-16-41(2)3)14-13-28-33(32)34(38-21-37-28)39-26-12-15-30(27(35)19-26)43-20-23-8-5-10-25(36)18-23/h4-15,17-19,21H,16,20H2,1-3H3,(H,40,42)(H,37,38,39)/b11-6+.